The number of hydrogen-bond donors (Lipinski definition) is 1. The van der Waals surface area contributed by atoms with E-state index in [0.29, 0.717) is 11.9 Å². The number of aromatic amines is 1. The van der Waals surface area contributed by atoms with Crippen molar-refractivity contribution in [3.05, 3.63) is 45.0 Å². The first-order valence-electron chi connectivity index (χ1n) is 8.02. The molecule has 0 unspecified atom stereocenters. The lowest BCUT2D eigenvalue weighted by atomic mass is 10.0. The quantitative estimate of drug-likeness (QED) is 0.870. The molecule has 8 heteroatoms. The van der Waals surface area contributed by atoms with Gasteiger partial charge >= 0.3 is 5.69 Å². The molecule has 3 rings (SSSR count). The van der Waals surface area contributed by atoms with Gasteiger partial charge in [0.2, 0.25) is 0 Å². The van der Waals surface area contributed by atoms with Crippen molar-refractivity contribution in [3.8, 4) is 0 Å². The highest BCUT2D eigenvalue weighted by Crippen LogP contribution is 2.22. The minimum absolute atomic E-state index is 0.288. The normalized spacial score (nSPS) is 15.5. The second kappa shape index (κ2) is 6.46. The monoisotopic (exact) mass is 330 g/mol. The van der Waals surface area contributed by atoms with E-state index in [2.05, 4.69) is 24.8 Å². The summed E-state index contributed by atoms with van der Waals surface area (Å²) in [5.41, 5.74) is 0.277. The Kier molecular flexibility index (Phi) is 4.37. The van der Waals surface area contributed by atoms with E-state index in [1.807, 2.05) is 20.0 Å². The van der Waals surface area contributed by atoms with Crippen LogP contribution in [-0.2, 0) is 7.05 Å². The zero-order valence-electron chi connectivity index (χ0n) is 14.2. The summed E-state index contributed by atoms with van der Waals surface area (Å²) in [6, 6.07) is 3.83. The molecule has 3 heterocycles. The van der Waals surface area contributed by atoms with Gasteiger partial charge in [-0.1, -0.05) is 0 Å². The van der Waals surface area contributed by atoms with E-state index < -0.39 is 0 Å². The van der Waals surface area contributed by atoms with Crippen LogP contribution < -0.4 is 21.0 Å². The molecule has 0 atom stereocenters. The fourth-order valence-corrected chi connectivity index (χ4v) is 3.03. The molecule has 1 fully saturated rings. The van der Waals surface area contributed by atoms with Crippen molar-refractivity contribution in [2.24, 2.45) is 7.05 Å². The van der Waals surface area contributed by atoms with Gasteiger partial charge in [0.05, 0.1) is 0 Å². The molecule has 128 valence electrons. The van der Waals surface area contributed by atoms with Crippen molar-refractivity contribution in [1.29, 1.82) is 0 Å². The topological polar surface area (TPSA) is 87.1 Å². The molecule has 1 aliphatic heterocycles. The molecule has 8 nitrogen and oxygen atoms in total. The van der Waals surface area contributed by atoms with Crippen LogP contribution in [0.1, 0.15) is 18.5 Å². The highest BCUT2D eigenvalue weighted by molar-refractivity contribution is 5.41. The maximum absolute atomic E-state index is 11.8. The van der Waals surface area contributed by atoms with Gasteiger partial charge in [-0.15, -0.1) is 0 Å². The Hall–Kier alpha value is -2.64. The summed E-state index contributed by atoms with van der Waals surface area (Å²) < 4.78 is 1.07. The van der Waals surface area contributed by atoms with E-state index in [9.17, 15) is 9.59 Å². The second-order valence-electron chi connectivity index (χ2n) is 6.20. The molecule has 24 heavy (non-hydrogen) atoms. The summed E-state index contributed by atoms with van der Waals surface area (Å²) in [6.45, 7) is 3.51. The maximum Gasteiger partial charge on any atom is 0.329 e. The van der Waals surface area contributed by atoms with Crippen molar-refractivity contribution in [1.82, 2.24) is 19.5 Å². The number of piperidine rings is 1. The van der Waals surface area contributed by atoms with Crippen molar-refractivity contribution >= 4 is 11.6 Å². The van der Waals surface area contributed by atoms with E-state index in [0.717, 1.165) is 42.0 Å². The Bertz CT molecular complexity index is 804. The van der Waals surface area contributed by atoms with Gasteiger partial charge in [-0.05, 0) is 19.8 Å². The summed E-state index contributed by atoms with van der Waals surface area (Å²) in [5, 5.41) is 0. The largest absolute Gasteiger partial charge is 0.358 e. The molecular formula is C16H22N6O2. The molecule has 0 aliphatic carbocycles. The molecule has 0 radical (unpaired) electrons. The molecule has 0 amide bonds. The number of aromatic nitrogens is 4. The van der Waals surface area contributed by atoms with Crippen LogP contribution in [0, 0.1) is 6.92 Å². The smallest absolute Gasteiger partial charge is 0.329 e. The minimum atomic E-state index is -0.381. The van der Waals surface area contributed by atoms with Gasteiger partial charge in [0, 0.05) is 51.1 Å². The van der Waals surface area contributed by atoms with Gasteiger partial charge < -0.3 is 9.80 Å². The van der Waals surface area contributed by atoms with Gasteiger partial charge in [-0.25, -0.2) is 14.8 Å². The third kappa shape index (κ3) is 3.17. The van der Waals surface area contributed by atoms with E-state index in [1.165, 1.54) is 13.1 Å². The fourth-order valence-electron chi connectivity index (χ4n) is 3.03. The van der Waals surface area contributed by atoms with Gasteiger partial charge in [0.1, 0.15) is 18.0 Å². The van der Waals surface area contributed by atoms with Gasteiger partial charge in [-0.3, -0.25) is 14.3 Å². The number of nitrogens with zero attached hydrogens (tertiary/aromatic N) is 5. The maximum atomic E-state index is 11.8. The summed E-state index contributed by atoms with van der Waals surface area (Å²) in [4.78, 5) is 39.0. The minimum Gasteiger partial charge on any atom is -0.358 e. The lowest BCUT2D eigenvalue weighted by Crippen LogP contribution is -2.45. The number of aryl methyl sites for hydroxylation is 1. The van der Waals surface area contributed by atoms with Crippen LogP contribution in [0.3, 0.4) is 0 Å². The van der Waals surface area contributed by atoms with Crippen LogP contribution in [0.4, 0.5) is 11.6 Å². The predicted molar refractivity (Wildman–Crippen MR) is 92.7 cm³/mol. The molecule has 1 N–H and O–H groups in total. The van der Waals surface area contributed by atoms with Crippen molar-refractivity contribution in [3.63, 3.8) is 0 Å². The molecule has 0 bridgehead atoms. The average molecular weight is 330 g/mol. The molecule has 0 spiro atoms. The van der Waals surface area contributed by atoms with Crippen molar-refractivity contribution in [2.45, 2.75) is 25.8 Å². The van der Waals surface area contributed by atoms with Gasteiger partial charge in [0.15, 0.2) is 0 Å². The fraction of sp³-hybridized carbons (Fsp3) is 0.500. The lowest BCUT2D eigenvalue weighted by Gasteiger charge is -2.37. The van der Waals surface area contributed by atoms with E-state index in [1.54, 1.807) is 6.33 Å². The van der Waals surface area contributed by atoms with Crippen LogP contribution in [0.5, 0.6) is 0 Å². The third-order valence-electron chi connectivity index (χ3n) is 4.63. The summed E-state index contributed by atoms with van der Waals surface area (Å²) in [5.74, 6) is 1.52. The molecule has 2 aromatic rings. The number of nitrogens with one attached hydrogen (secondary N) is 1. The highest BCUT2D eigenvalue weighted by atomic mass is 16.2. The van der Waals surface area contributed by atoms with Gasteiger partial charge in [-0.2, -0.15) is 0 Å². The molecule has 0 saturated carbocycles. The molecule has 1 saturated heterocycles. The Morgan fingerprint density at radius 1 is 1.21 bits per heavy atom. The number of rotatable bonds is 3. The van der Waals surface area contributed by atoms with Crippen LogP contribution in [0.2, 0.25) is 0 Å². The molecule has 2 aromatic heterocycles. The Morgan fingerprint density at radius 3 is 2.54 bits per heavy atom. The molecular weight excluding hydrogens is 308 g/mol. The first-order valence-corrected chi connectivity index (χ1v) is 8.02. The van der Waals surface area contributed by atoms with E-state index in [-0.39, 0.29) is 11.2 Å². The second-order valence-corrected chi connectivity index (χ2v) is 6.20. The van der Waals surface area contributed by atoms with E-state index >= 15 is 0 Å². The van der Waals surface area contributed by atoms with Crippen LogP contribution in [0.25, 0.3) is 0 Å². The SMILES string of the molecule is Cc1cc(N(C)C2CCN(c3cc(=O)n(C)c(=O)[nH]3)CC2)ncn1. The summed E-state index contributed by atoms with van der Waals surface area (Å²) in [6.07, 6.45) is 3.44. The Labute approximate surface area is 139 Å². The van der Waals surface area contributed by atoms with Crippen LogP contribution in [-0.4, -0.2) is 45.7 Å². The first kappa shape index (κ1) is 16.2. The average Bonchev–Trinajstić information content (AvgIpc) is 2.59. The van der Waals surface area contributed by atoms with Crippen LogP contribution in [0.15, 0.2) is 28.0 Å². The Balaban J connectivity index is 1.70. The molecule has 0 aromatic carbocycles. The van der Waals surface area contributed by atoms with E-state index in [4.69, 9.17) is 0 Å². The molecule has 1 aliphatic rings. The van der Waals surface area contributed by atoms with Crippen LogP contribution >= 0.6 is 0 Å². The lowest BCUT2D eigenvalue weighted by molar-refractivity contribution is 0.476. The summed E-state index contributed by atoms with van der Waals surface area (Å²) in [7, 11) is 3.51. The zero-order chi connectivity index (χ0) is 17.3. The number of H-pyrrole nitrogens is 1. The Morgan fingerprint density at radius 2 is 1.92 bits per heavy atom. The third-order valence-corrected chi connectivity index (χ3v) is 4.63. The number of anilines is 2. The van der Waals surface area contributed by atoms with Gasteiger partial charge in [0.25, 0.3) is 5.56 Å². The van der Waals surface area contributed by atoms with Crippen molar-refractivity contribution < 1.29 is 0 Å². The standard InChI is InChI=1S/C16H22N6O2/c1-11-8-13(18-10-17-11)20(2)12-4-6-22(7-5-12)14-9-15(23)21(3)16(24)19-14/h8-10,12H,4-7H2,1-3H3,(H,19,24). The zero-order valence-corrected chi connectivity index (χ0v) is 14.2. The van der Waals surface area contributed by atoms with Crippen molar-refractivity contribution in [2.75, 3.05) is 29.9 Å². The first-order chi connectivity index (χ1) is 11.5. The number of hydrogen-bond acceptors (Lipinski definition) is 6. The predicted octanol–water partition coefficient (Wildman–Crippen LogP) is 0.277. The highest BCUT2D eigenvalue weighted by Gasteiger charge is 2.24. The summed E-state index contributed by atoms with van der Waals surface area (Å²) >= 11 is 0.